The van der Waals surface area contributed by atoms with Crippen LogP contribution in [0.25, 0.3) is 5.57 Å². The van der Waals surface area contributed by atoms with E-state index in [1.807, 2.05) is 36.4 Å². The second-order valence-electron chi connectivity index (χ2n) is 3.59. The van der Waals surface area contributed by atoms with Gasteiger partial charge in [0.15, 0.2) is 0 Å². The van der Waals surface area contributed by atoms with Crippen molar-refractivity contribution < 1.29 is 0 Å². The normalized spacial score (nSPS) is 11.1. The van der Waals surface area contributed by atoms with Gasteiger partial charge in [0.2, 0.25) is 0 Å². The molecular formula is C14H17N. The molecule has 0 bridgehead atoms. The van der Waals surface area contributed by atoms with Crippen LogP contribution >= 0.6 is 0 Å². The molecule has 0 unspecified atom stereocenters. The lowest BCUT2D eigenvalue weighted by Gasteiger charge is -1.98. The molecule has 0 atom stereocenters. The van der Waals surface area contributed by atoms with Crippen LogP contribution in [0.4, 0.5) is 0 Å². The smallest absolute Gasteiger partial charge is 0.0994 e. The highest BCUT2D eigenvalue weighted by atomic mass is 14.2. The van der Waals surface area contributed by atoms with Gasteiger partial charge >= 0.3 is 0 Å². The van der Waals surface area contributed by atoms with Crippen molar-refractivity contribution in [1.82, 2.24) is 0 Å². The first kappa shape index (κ1) is 11.5. The Kier molecular flexibility index (Phi) is 5.25. The van der Waals surface area contributed by atoms with Gasteiger partial charge in [0.05, 0.1) is 11.6 Å². The summed E-state index contributed by atoms with van der Waals surface area (Å²) in [6, 6.07) is 12.1. The standard InChI is InChI=1S/C14H17N/c1-2-3-4-6-11-14(12-15)13-9-7-5-8-10-13/h5,7-11H,2-4,6H2,1H3. The van der Waals surface area contributed by atoms with Crippen molar-refractivity contribution in [3.63, 3.8) is 0 Å². The first-order valence-electron chi connectivity index (χ1n) is 5.54. The number of hydrogen-bond acceptors (Lipinski definition) is 1. The van der Waals surface area contributed by atoms with E-state index in [-0.39, 0.29) is 0 Å². The van der Waals surface area contributed by atoms with Crippen LogP contribution in [0.3, 0.4) is 0 Å². The Bertz CT molecular complexity index is 343. The van der Waals surface area contributed by atoms with Gasteiger partial charge in [-0.15, -0.1) is 0 Å². The van der Waals surface area contributed by atoms with Gasteiger partial charge in [-0.1, -0.05) is 56.2 Å². The Morgan fingerprint density at radius 1 is 1.27 bits per heavy atom. The molecule has 0 aromatic heterocycles. The van der Waals surface area contributed by atoms with Crippen LogP contribution in [0.2, 0.25) is 0 Å². The van der Waals surface area contributed by atoms with E-state index in [9.17, 15) is 0 Å². The highest BCUT2D eigenvalue weighted by Gasteiger charge is 1.97. The third kappa shape index (κ3) is 3.99. The summed E-state index contributed by atoms with van der Waals surface area (Å²) < 4.78 is 0. The minimum Gasteiger partial charge on any atom is -0.192 e. The van der Waals surface area contributed by atoms with E-state index in [4.69, 9.17) is 5.26 Å². The predicted molar refractivity (Wildman–Crippen MR) is 64.2 cm³/mol. The van der Waals surface area contributed by atoms with Crippen molar-refractivity contribution in [1.29, 1.82) is 5.26 Å². The summed E-state index contributed by atoms with van der Waals surface area (Å²) in [5, 5.41) is 9.02. The lowest BCUT2D eigenvalue weighted by molar-refractivity contribution is 0.730. The average Bonchev–Trinajstić information content (AvgIpc) is 2.30. The molecule has 1 rings (SSSR count). The van der Waals surface area contributed by atoms with Gasteiger partial charge in [-0.2, -0.15) is 5.26 Å². The Labute approximate surface area is 92.1 Å². The molecule has 0 heterocycles. The molecule has 78 valence electrons. The van der Waals surface area contributed by atoms with Gasteiger partial charge in [0.25, 0.3) is 0 Å². The summed E-state index contributed by atoms with van der Waals surface area (Å²) in [4.78, 5) is 0. The minimum absolute atomic E-state index is 0.798. The van der Waals surface area contributed by atoms with E-state index in [0.717, 1.165) is 17.6 Å². The monoisotopic (exact) mass is 199 g/mol. The first-order chi connectivity index (χ1) is 7.38. The average molecular weight is 199 g/mol. The molecule has 1 heteroatoms. The van der Waals surface area contributed by atoms with Crippen molar-refractivity contribution in [3.05, 3.63) is 42.0 Å². The first-order valence-corrected chi connectivity index (χ1v) is 5.54. The zero-order valence-electron chi connectivity index (χ0n) is 9.24. The van der Waals surface area contributed by atoms with Gasteiger partial charge in [0.1, 0.15) is 0 Å². The fourth-order valence-electron chi connectivity index (χ4n) is 1.49. The van der Waals surface area contributed by atoms with Crippen LogP contribution in [0.5, 0.6) is 0 Å². The summed E-state index contributed by atoms with van der Waals surface area (Å²) in [5.74, 6) is 0. The second kappa shape index (κ2) is 6.84. The molecule has 15 heavy (non-hydrogen) atoms. The number of benzene rings is 1. The second-order valence-corrected chi connectivity index (χ2v) is 3.59. The fraction of sp³-hybridized carbons (Fsp3) is 0.357. The number of hydrogen-bond donors (Lipinski definition) is 0. The molecule has 1 aromatic carbocycles. The Balaban J connectivity index is 2.61. The van der Waals surface area contributed by atoms with E-state index >= 15 is 0 Å². The molecule has 0 radical (unpaired) electrons. The van der Waals surface area contributed by atoms with Crippen molar-refractivity contribution >= 4 is 5.57 Å². The summed E-state index contributed by atoms with van der Waals surface area (Å²) >= 11 is 0. The maximum atomic E-state index is 9.02. The molecule has 0 aliphatic rings. The maximum Gasteiger partial charge on any atom is 0.0994 e. The van der Waals surface area contributed by atoms with E-state index in [1.165, 1.54) is 19.3 Å². The zero-order chi connectivity index (χ0) is 10.9. The van der Waals surface area contributed by atoms with Crippen LogP contribution in [0.15, 0.2) is 36.4 Å². The molecular weight excluding hydrogens is 182 g/mol. The summed E-state index contributed by atoms with van der Waals surface area (Å²) in [7, 11) is 0. The molecule has 0 aliphatic carbocycles. The molecule has 0 N–H and O–H groups in total. The quantitative estimate of drug-likeness (QED) is 0.515. The number of nitriles is 1. The van der Waals surface area contributed by atoms with Crippen LogP contribution in [-0.2, 0) is 0 Å². The fourth-order valence-corrected chi connectivity index (χ4v) is 1.49. The highest BCUT2D eigenvalue weighted by Crippen LogP contribution is 2.14. The maximum absolute atomic E-state index is 9.02. The molecule has 1 nitrogen and oxygen atoms in total. The van der Waals surface area contributed by atoms with E-state index in [2.05, 4.69) is 13.0 Å². The lowest BCUT2D eigenvalue weighted by atomic mass is 10.0. The minimum atomic E-state index is 0.798. The Morgan fingerprint density at radius 3 is 2.60 bits per heavy atom. The predicted octanol–water partition coefficient (Wildman–Crippen LogP) is 4.17. The van der Waals surface area contributed by atoms with Crippen molar-refractivity contribution in [2.45, 2.75) is 32.6 Å². The molecule has 0 saturated carbocycles. The number of unbranched alkanes of at least 4 members (excludes halogenated alkanes) is 3. The highest BCUT2D eigenvalue weighted by molar-refractivity contribution is 5.76. The van der Waals surface area contributed by atoms with Crippen molar-refractivity contribution in [2.75, 3.05) is 0 Å². The van der Waals surface area contributed by atoms with Crippen molar-refractivity contribution in [3.8, 4) is 6.07 Å². The number of rotatable bonds is 5. The molecule has 0 spiro atoms. The largest absolute Gasteiger partial charge is 0.192 e. The topological polar surface area (TPSA) is 23.8 Å². The molecule has 0 fully saturated rings. The summed E-state index contributed by atoms with van der Waals surface area (Å²) in [6.07, 6.45) is 6.69. The van der Waals surface area contributed by atoms with Gasteiger partial charge in [-0.05, 0) is 18.4 Å². The molecule has 0 aliphatic heterocycles. The van der Waals surface area contributed by atoms with E-state index < -0.39 is 0 Å². The SMILES string of the molecule is CCCCCC=C(C#N)c1ccccc1. The van der Waals surface area contributed by atoms with Gasteiger partial charge in [-0.25, -0.2) is 0 Å². The zero-order valence-corrected chi connectivity index (χ0v) is 9.24. The molecule has 0 amide bonds. The van der Waals surface area contributed by atoms with Crippen LogP contribution in [0, 0.1) is 11.3 Å². The third-order valence-corrected chi connectivity index (χ3v) is 2.36. The Hall–Kier alpha value is -1.55. The van der Waals surface area contributed by atoms with Crippen molar-refractivity contribution in [2.24, 2.45) is 0 Å². The van der Waals surface area contributed by atoms with Gasteiger partial charge < -0.3 is 0 Å². The van der Waals surface area contributed by atoms with Crippen LogP contribution in [-0.4, -0.2) is 0 Å². The summed E-state index contributed by atoms with van der Waals surface area (Å²) in [6.45, 7) is 2.19. The number of allylic oxidation sites excluding steroid dienone is 2. The molecule has 0 saturated heterocycles. The van der Waals surface area contributed by atoms with Gasteiger partial charge in [-0.3, -0.25) is 0 Å². The van der Waals surface area contributed by atoms with Gasteiger partial charge in [0, 0.05) is 0 Å². The summed E-state index contributed by atoms with van der Waals surface area (Å²) in [5.41, 5.74) is 1.82. The number of nitrogens with zero attached hydrogens (tertiary/aromatic N) is 1. The molecule has 1 aromatic rings. The third-order valence-electron chi connectivity index (χ3n) is 2.36. The van der Waals surface area contributed by atoms with E-state index in [1.54, 1.807) is 0 Å². The van der Waals surface area contributed by atoms with E-state index in [0.29, 0.717) is 0 Å². The Morgan fingerprint density at radius 2 is 2.00 bits per heavy atom. The van der Waals surface area contributed by atoms with Crippen LogP contribution < -0.4 is 0 Å². The van der Waals surface area contributed by atoms with Crippen LogP contribution in [0.1, 0.15) is 38.2 Å². The lowest BCUT2D eigenvalue weighted by Crippen LogP contribution is -1.81.